The third-order valence-electron chi connectivity index (χ3n) is 5.85. The van der Waals surface area contributed by atoms with Crippen molar-refractivity contribution < 1.29 is 9.13 Å². The van der Waals surface area contributed by atoms with Gasteiger partial charge in [0.25, 0.3) is 0 Å². The van der Waals surface area contributed by atoms with E-state index in [1.165, 1.54) is 16.8 Å². The van der Waals surface area contributed by atoms with Gasteiger partial charge in [-0.15, -0.1) is 0 Å². The number of anilines is 1. The zero-order chi connectivity index (χ0) is 17.5. The lowest BCUT2D eigenvalue weighted by Crippen LogP contribution is -2.37. The molecule has 6 heteroatoms. The van der Waals surface area contributed by atoms with Crippen molar-refractivity contribution >= 4 is 5.95 Å². The Morgan fingerprint density at radius 3 is 2.73 bits per heavy atom. The first kappa shape index (κ1) is 16.1. The third-order valence-corrected chi connectivity index (χ3v) is 5.85. The molecule has 2 aromatic rings. The van der Waals surface area contributed by atoms with E-state index >= 15 is 0 Å². The van der Waals surface area contributed by atoms with Gasteiger partial charge in [0.2, 0.25) is 5.95 Å². The van der Waals surface area contributed by atoms with Crippen molar-refractivity contribution in [3.05, 3.63) is 53.1 Å². The predicted molar refractivity (Wildman–Crippen MR) is 96.7 cm³/mol. The number of halogens is 1. The van der Waals surface area contributed by atoms with Crippen LogP contribution in [0.5, 0.6) is 0 Å². The smallest absolute Gasteiger partial charge is 0.225 e. The van der Waals surface area contributed by atoms with E-state index in [2.05, 4.69) is 14.8 Å². The van der Waals surface area contributed by atoms with Crippen molar-refractivity contribution in [2.24, 2.45) is 5.92 Å². The van der Waals surface area contributed by atoms with Gasteiger partial charge in [-0.1, -0.05) is 12.1 Å². The zero-order valence-electron chi connectivity index (χ0n) is 14.8. The maximum atomic E-state index is 13.1. The molecular weight excluding hydrogens is 331 g/mol. The SMILES string of the molecule is Fc1ccc(CN2C[C@H]3Cc4cnc(N5CCOCC5)nc4[C@@H]3C2)cc1. The van der Waals surface area contributed by atoms with Crippen LogP contribution in [-0.4, -0.2) is 54.3 Å². The molecule has 2 saturated heterocycles. The number of aromatic nitrogens is 2. The number of morpholine rings is 1. The fourth-order valence-corrected chi connectivity index (χ4v) is 4.54. The standard InChI is InChI=1S/C20H23FN4O/c21-17-3-1-14(2-4-17)11-24-12-16-9-15-10-22-20(23-19(15)18(16)13-24)25-5-7-26-8-6-25/h1-4,10,16,18H,5-9,11-13H2/t16-,18-/m1/s1. The molecule has 0 N–H and O–H groups in total. The second kappa shape index (κ2) is 6.59. The van der Waals surface area contributed by atoms with E-state index in [-0.39, 0.29) is 5.82 Å². The highest BCUT2D eigenvalue weighted by molar-refractivity contribution is 5.39. The summed E-state index contributed by atoms with van der Waals surface area (Å²) in [6.45, 7) is 6.20. The van der Waals surface area contributed by atoms with Gasteiger partial charge in [0.15, 0.2) is 0 Å². The minimum atomic E-state index is -0.173. The zero-order valence-corrected chi connectivity index (χ0v) is 14.8. The normalized spacial score (nSPS) is 25.3. The fraction of sp³-hybridized carbons (Fsp3) is 0.500. The van der Waals surface area contributed by atoms with Gasteiger partial charge in [0.05, 0.1) is 18.9 Å². The maximum Gasteiger partial charge on any atom is 0.225 e. The summed E-state index contributed by atoms with van der Waals surface area (Å²) in [5.74, 6) is 1.80. The molecule has 0 spiro atoms. The first-order valence-corrected chi connectivity index (χ1v) is 9.41. The van der Waals surface area contributed by atoms with E-state index < -0.39 is 0 Å². The molecule has 0 amide bonds. The summed E-state index contributed by atoms with van der Waals surface area (Å²) in [6, 6.07) is 6.86. The Hall–Kier alpha value is -2.05. The molecule has 2 fully saturated rings. The van der Waals surface area contributed by atoms with Crippen molar-refractivity contribution in [1.29, 1.82) is 0 Å². The Kier molecular flexibility index (Phi) is 4.10. The number of rotatable bonds is 3. The van der Waals surface area contributed by atoms with Crippen molar-refractivity contribution in [3.8, 4) is 0 Å². The van der Waals surface area contributed by atoms with E-state index in [0.717, 1.165) is 58.3 Å². The molecular formula is C20H23FN4O. The molecule has 26 heavy (non-hydrogen) atoms. The first-order valence-electron chi connectivity index (χ1n) is 9.41. The molecule has 136 valence electrons. The topological polar surface area (TPSA) is 41.5 Å². The minimum Gasteiger partial charge on any atom is -0.378 e. The van der Waals surface area contributed by atoms with Crippen LogP contribution in [-0.2, 0) is 17.7 Å². The monoisotopic (exact) mass is 354 g/mol. The van der Waals surface area contributed by atoms with Crippen LogP contribution >= 0.6 is 0 Å². The van der Waals surface area contributed by atoms with Crippen LogP contribution in [0.3, 0.4) is 0 Å². The van der Waals surface area contributed by atoms with Gasteiger partial charge in [0, 0.05) is 44.8 Å². The molecule has 3 heterocycles. The van der Waals surface area contributed by atoms with Gasteiger partial charge in [-0.2, -0.15) is 0 Å². The van der Waals surface area contributed by atoms with Crippen molar-refractivity contribution in [1.82, 2.24) is 14.9 Å². The Labute approximate surface area is 152 Å². The van der Waals surface area contributed by atoms with Crippen LogP contribution in [0.1, 0.15) is 22.7 Å². The van der Waals surface area contributed by atoms with Gasteiger partial charge >= 0.3 is 0 Å². The second-order valence-electron chi connectivity index (χ2n) is 7.57. The highest BCUT2D eigenvalue weighted by Crippen LogP contribution is 2.42. The van der Waals surface area contributed by atoms with Crippen molar-refractivity contribution in [2.45, 2.75) is 18.9 Å². The molecule has 1 aromatic heterocycles. The Balaban J connectivity index is 1.31. The number of likely N-dealkylation sites (tertiary alicyclic amines) is 1. The lowest BCUT2D eigenvalue weighted by Gasteiger charge is -2.27. The lowest BCUT2D eigenvalue weighted by atomic mass is 9.99. The van der Waals surface area contributed by atoms with E-state index in [1.807, 2.05) is 18.3 Å². The van der Waals surface area contributed by atoms with Crippen LogP contribution in [0.25, 0.3) is 0 Å². The summed E-state index contributed by atoms with van der Waals surface area (Å²) in [4.78, 5) is 14.3. The number of hydrogen-bond donors (Lipinski definition) is 0. The van der Waals surface area contributed by atoms with E-state index in [1.54, 1.807) is 12.1 Å². The largest absolute Gasteiger partial charge is 0.378 e. The van der Waals surface area contributed by atoms with Gasteiger partial charge in [-0.25, -0.2) is 14.4 Å². The summed E-state index contributed by atoms with van der Waals surface area (Å²) in [5.41, 5.74) is 3.73. The van der Waals surface area contributed by atoms with Crippen LogP contribution in [0.15, 0.2) is 30.5 Å². The number of hydrogen-bond acceptors (Lipinski definition) is 5. The quantitative estimate of drug-likeness (QED) is 0.845. The molecule has 1 aliphatic carbocycles. The van der Waals surface area contributed by atoms with E-state index in [0.29, 0.717) is 11.8 Å². The molecule has 5 rings (SSSR count). The average molecular weight is 354 g/mol. The molecule has 3 aliphatic rings. The highest BCUT2D eigenvalue weighted by Gasteiger charge is 2.41. The molecule has 0 unspecified atom stereocenters. The summed E-state index contributed by atoms with van der Waals surface area (Å²) >= 11 is 0. The number of ether oxygens (including phenoxy) is 1. The molecule has 2 atom stereocenters. The molecule has 0 radical (unpaired) electrons. The summed E-state index contributed by atoms with van der Waals surface area (Å²) in [5, 5.41) is 0. The van der Waals surface area contributed by atoms with Crippen molar-refractivity contribution in [3.63, 3.8) is 0 Å². The minimum absolute atomic E-state index is 0.173. The molecule has 2 aliphatic heterocycles. The van der Waals surface area contributed by atoms with Crippen LogP contribution in [0.4, 0.5) is 10.3 Å². The van der Waals surface area contributed by atoms with Crippen LogP contribution < -0.4 is 4.90 Å². The summed E-state index contributed by atoms with van der Waals surface area (Å²) < 4.78 is 18.5. The molecule has 1 aromatic carbocycles. The Morgan fingerprint density at radius 2 is 1.92 bits per heavy atom. The maximum absolute atomic E-state index is 13.1. The van der Waals surface area contributed by atoms with Crippen LogP contribution in [0, 0.1) is 11.7 Å². The van der Waals surface area contributed by atoms with Crippen LogP contribution in [0.2, 0.25) is 0 Å². The third kappa shape index (κ3) is 2.97. The molecule has 0 saturated carbocycles. The first-order chi connectivity index (χ1) is 12.8. The Bertz CT molecular complexity index is 791. The second-order valence-corrected chi connectivity index (χ2v) is 7.57. The van der Waals surface area contributed by atoms with Gasteiger partial charge in [0.1, 0.15) is 5.82 Å². The number of nitrogens with zero attached hydrogens (tertiary/aromatic N) is 4. The Morgan fingerprint density at radius 1 is 1.12 bits per heavy atom. The molecule has 5 nitrogen and oxygen atoms in total. The van der Waals surface area contributed by atoms with Crippen molar-refractivity contribution in [2.75, 3.05) is 44.3 Å². The number of fused-ring (bicyclic) bond motifs is 3. The molecule has 0 bridgehead atoms. The average Bonchev–Trinajstić information content (AvgIpc) is 3.21. The van der Waals surface area contributed by atoms with Gasteiger partial charge < -0.3 is 9.64 Å². The van der Waals surface area contributed by atoms with Gasteiger partial charge in [-0.05, 0) is 35.6 Å². The van der Waals surface area contributed by atoms with E-state index in [9.17, 15) is 4.39 Å². The predicted octanol–water partition coefficient (Wildman–Crippen LogP) is 2.22. The fourth-order valence-electron chi connectivity index (χ4n) is 4.54. The summed E-state index contributed by atoms with van der Waals surface area (Å²) in [6.07, 6.45) is 3.11. The lowest BCUT2D eigenvalue weighted by molar-refractivity contribution is 0.122. The summed E-state index contributed by atoms with van der Waals surface area (Å²) in [7, 11) is 0. The highest BCUT2D eigenvalue weighted by atomic mass is 19.1. The van der Waals surface area contributed by atoms with E-state index in [4.69, 9.17) is 9.72 Å². The number of benzene rings is 1. The van der Waals surface area contributed by atoms with Gasteiger partial charge in [-0.3, -0.25) is 4.90 Å².